The lowest BCUT2D eigenvalue weighted by Gasteiger charge is -2.33. The Bertz CT molecular complexity index is 1350. The zero-order valence-corrected chi connectivity index (χ0v) is 26.8. The molecule has 7 atom stereocenters. The van der Waals surface area contributed by atoms with Gasteiger partial charge >= 0.3 is 0 Å². The third-order valence-corrected chi connectivity index (χ3v) is 8.94. The minimum absolute atomic E-state index is 0.0191. The van der Waals surface area contributed by atoms with Gasteiger partial charge in [-0.15, -0.1) is 0 Å². The van der Waals surface area contributed by atoms with Crippen LogP contribution in [0.1, 0.15) is 70.3 Å². The number of ketones is 1. The van der Waals surface area contributed by atoms with Crippen molar-refractivity contribution in [1.29, 1.82) is 0 Å². The molecule has 1 aromatic rings. The molecule has 13 nitrogen and oxygen atoms in total. The Labute approximate surface area is 270 Å². The average Bonchev–Trinajstić information content (AvgIpc) is 3.64. The number of Topliss-reactive ketones (excluding diaryl/α,β-unsaturated/α-hetero) is 1. The van der Waals surface area contributed by atoms with Gasteiger partial charge in [-0.3, -0.25) is 33.8 Å². The van der Waals surface area contributed by atoms with Gasteiger partial charge in [0, 0.05) is 37.3 Å². The van der Waals surface area contributed by atoms with E-state index in [-0.39, 0.29) is 31.1 Å². The number of carbonyl (C=O) groups excluding carboxylic acids is 6. The van der Waals surface area contributed by atoms with Crippen LogP contribution in [0.25, 0.3) is 0 Å². The average molecular weight is 666 g/mol. The largest absolute Gasteiger partial charge is 0.347 e. The monoisotopic (exact) mass is 665 g/mol. The van der Waals surface area contributed by atoms with Gasteiger partial charge in [-0.2, -0.15) is 0 Å². The van der Waals surface area contributed by atoms with Gasteiger partial charge in [-0.1, -0.05) is 27.7 Å². The Morgan fingerprint density at radius 3 is 2.15 bits per heavy atom. The molecular weight excluding hydrogens is 623 g/mol. The Morgan fingerprint density at radius 1 is 0.894 bits per heavy atom. The molecule has 0 spiro atoms. The van der Waals surface area contributed by atoms with E-state index >= 15 is 0 Å². The van der Waals surface area contributed by atoms with Crippen LogP contribution in [0.4, 0.5) is 13.2 Å². The molecule has 4 N–H and O–H groups in total. The van der Waals surface area contributed by atoms with Gasteiger partial charge in [-0.05, 0) is 43.4 Å². The quantitative estimate of drug-likeness (QED) is 0.212. The molecule has 1 aromatic heterocycles. The summed E-state index contributed by atoms with van der Waals surface area (Å²) in [7, 11) is 0. The molecule has 3 fully saturated rings. The zero-order valence-electron chi connectivity index (χ0n) is 26.8. The third kappa shape index (κ3) is 8.63. The summed E-state index contributed by atoms with van der Waals surface area (Å²) in [6.07, 6.45) is 0.123. The Morgan fingerprint density at radius 2 is 1.57 bits per heavy atom. The topological polar surface area (TPSA) is 180 Å². The van der Waals surface area contributed by atoms with Gasteiger partial charge in [0.2, 0.25) is 29.9 Å². The third-order valence-electron chi connectivity index (χ3n) is 8.94. The summed E-state index contributed by atoms with van der Waals surface area (Å²) < 4.78 is 41.9. The highest BCUT2D eigenvalue weighted by molar-refractivity contribution is 6.38. The Hall–Kier alpha value is -4.11. The number of nitrogens with one attached hydrogen (secondary N) is 4. The highest BCUT2D eigenvalue weighted by Crippen LogP contribution is 2.44. The number of nitrogens with zero attached hydrogens (tertiary/aromatic N) is 3. The zero-order chi connectivity index (χ0) is 34.6. The Kier molecular flexibility index (Phi) is 11.6. The minimum atomic E-state index is -3.03. The number of rotatable bonds is 14. The molecule has 16 heteroatoms. The number of fused-ring (bicyclic) bond motifs is 1. The summed E-state index contributed by atoms with van der Waals surface area (Å²) >= 11 is 0. The summed E-state index contributed by atoms with van der Waals surface area (Å²) in [4.78, 5) is 88.2. The number of alkyl halides is 3. The fourth-order valence-corrected chi connectivity index (χ4v) is 6.24. The van der Waals surface area contributed by atoms with E-state index in [9.17, 15) is 41.9 Å². The van der Waals surface area contributed by atoms with Crippen LogP contribution < -0.4 is 21.3 Å². The molecule has 4 rings (SSSR count). The summed E-state index contributed by atoms with van der Waals surface area (Å²) in [6, 6.07) is -5.72. The lowest BCUT2D eigenvalue weighted by molar-refractivity contribution is -0.145. The second kappa shape index (κ2) is 15.2. The van der Waals surface area contributed by atoms with E-state index in [0.29, 0.717) is 12.8 Å². The normalized spacial score (nSPS) is 24.0. The van der Waals surface area contributed by atoms with Gasteiger partial charge in [0.1, 0.15) is 36.0 Å². The molecule has 1 saturated heterocycles. The summed E-state index contributed by atoms with van der Waals surface area (Å²) in [5.41, 5.74) is -0.0191. The first-order chi connectivity index (χ1) is 22.2. The van der Waals surface area contributed by atoms with E-state index in [0.717, 1.165) is 4.90 Å². The summed E-state index contributed by atoms with van der Waals surface area (Å²) in [5, 5.41) is 9.98. The van der Waals surface area contributed by atoms with Crippen LogP contribution in [0.5, 0.6) is 0 Å². The highest BCUT2D eigenvalue weighted by Gasteiger charge is 2.55. The summed E-state index contributed by atoms with van der Waals surface area (Å²) in [5.74, 6) is -7.67. The highest BCUT2D eigenvalue weighted by atomic mass is 19.3. The van der Waals surface area contributed by atoms with E-state index in [2.05, 4.69) is 31.2 Å². The van der Waals surface area contributed by atoms with Crippen LogP contribution in [0.3, 0.4) is 0 Å². The van der Waals surface area contributed by atoms with Crippen molar-refractivity contribution in [3.63, 3.8) is 0 Å². The molecule has 0 radical (unpaired) electrons. The maximum Gasteiger partial charge on any atom is 0.289 e. The SMILES string of the molecule is CC(C)[C@H](NC(=O)c1cnccn1)C(=O)N[C@H](C(=O)N1C[C@H]2[C@H](CC[C@@H]2F)[C@H]1C(=O)NC(CC(F)F)C(=O)C(=O)NC1CC1)C(C)C. The van der Waals surface area contributed by atoms with Crippen molar-refractivity contribution in [2.75, 3.05) is 6.54 Å². The predicted octanol–water partition coefficient (Wildman–Crippen LogP) is 0.935. The number of amides is 5. The van der Waals surface area contributed by atoms with E-state index in [1.807, 2.05) is 0 Å². The molecule has 5 amide bonds. The number of hydrogen-bond donors (Lipinski definition) is 4. The van der Waals surface area contributed by atoms with E-state index in [1.165, 1.54) is 18.6 Å². The second-order valence-corrected chi connectivity index (χ2v) is 13.2. The molecule has 2 aliphatic carbocycles. The fraction of sp³-hybridized carbons (Fsp3) is 0.677. The van der Waals surface area contributed by atoms with Crippen molar-refractivity contribution >= 4 is 35.3 Å². The van der Waals surface area contributed by atoms with Crippen LogP contribution in [0, 0.1) is 23.7 Å². The van der Waals surface area contributed by atoms with Crippen molar-refractivity contribution < 1.29 is 41.9 Å². The van der Waals surface area contributed by atoms with E-state index < -0.39 is 102 Å². The van der Waals surface area contributed by atoms with Crippen LogP contribution in [0.15, 0.2) is 18.6 Å². The number of likely N-dealkylation sites (tertiary alicyclic amines) is 1. The van der Waals surface area contributed by atoms with Gasteiger partial charge in [0.15, 0.2) is 0 Å². The second-order valence-electron chi connectivity index (χ2n) is 13.2. The van der Waals surface area contributed by atoms with E-state index in [4.69, 9.17) is 0 Å². The molecule has 47 heavy (non-hydrogen) atoms. The lowest BCUT2D eigenvalue weighted by Crippen LogP contribution is -2.60. The Balaban J connectivity index is 1.54. The molecule has 2 heterocycles. The molecule has 0 bridgehead atoms. The minimum Gasteiger partial charge on any atom is -0.347 e. The summed E-state index contributed by atoms with van der Waals surface area (Å²) in [6.45, 7) is 6.53. The first kappa shape index (κ1) is 35.7. The first-order valence-corrected chi connectivity index (χ1v) is 15.9. The predicted molar refractivity (Wildman–Crippen MR) is 160 cm³/mol. The van der Waals surface area contributed by atoms with Gasteiger partial charge < -0.3 is 26.2 Å². The number of halogens is 3. The van der Waals surface area contributed by atoms with Crippen LogP contribution >= 0.6 is 0 Å². The molecular formula is C31H42F3N7O6. The number of aromatic nitrogens is 2. The smallest absolute Gasteiger partial charge is 0.289 e. The molecule has 1 aliphatic heterocycles. The van der Waals surface area contributed by atoms with Crippen molar-refractivity contribution in [2.45, 2.75) is 103 Å². The first-order valence-electron chi connectivity index (χ1n) is 15.9. The molecule has 2 saturated carbocycles. The maximum absolute atomic E-state index is 15.0. The standard InChI is InChI=1S/C31H42F3N7O6/c1-14(2)23(39-27(43)21-12-35-9-10-36-21)28(44)40-24(15(3)4)31(47)41-13-18-17(7-8-19(18)32)25(41)29(45)38-20(11-22(33)34)26(42)30(46)37-16-5-6-16/h9-10,12,14-20,22-25H,5-8,11,13H2,1-4H3,(H,37,46)(H,38,45)(H,39,43)(H,40,44)/t17-,18-,19-,20?,23-,24-,25-/m0/s1. The molecule has 3 aliphatic rings. The number of carbonyl (C=O) groups is 6. The van der Waals surface area contributed by atoms with E-state index in [1.54, 1.807) is 27.7 Å². The van der Waals surface area contributed by atoms with Crippen molar-refractivity contribution in [3.05, 3.63) is 24.3 Å². The molecule has 258 valence electrons. The molecule has 1 unspecified atom stereocenters. The van der Waals surface area contributed by atoms with Crippen LogP contribution in [-0.2, 0) is 24.0 Å². The maximum atomic E-state index is 15.0. The van der Waals surface area contributed by atoms with Crippen LogP contribution in [0.2, 0.25) is 0 Å². The van der Waals surface area contributed by atoms with Crippen LogP contribution in [-0.4, -0.2) is 99.5 Å². The van der Waals surface area contributed by atoms with Crippen molar-refractivity contribution in [1.82, 2.24) is 36.1 Å². The number of hydrogen-bond acceptors (Lipinski definition) is 8. The fourth-order valence-electron chi connectivity index (χ4n) is 6.24. The van der Waals surface area contributed by atoms with Gasteiger partial charge in [0.25, 0.3) is 11.8 Å². The lowest BCUT2D eigenvalue weighted by atomic mass is 9.92. The van der Waals surface area contributed by atoms with Crippen molar-refractivity contribution in [2.24, 2.45) is 23.7 Å². The van der Waals surface area contributed by atoms with Gasteiger partial charge in [0.05, 0.1) is 6.20 Å². The van der Waals surface area contributed by atoms with Crippen molar-refractivity contribution in [3.8, 4) is 0 Å². The van der Waals surface area contributed by atoms with Gasteiger partial charge in [-0.25, -0.2) is 18.2 Å². The molecule has 0 aromatic carbocycles.